The molecule has 136 valence electrons. The predicted molar refractivity (Wildman–Crippen MR) is 99.8 cm³/mol. The van der Waals surface area contributed by atoms with E-state index >= 15 is 0 Å². The average molecular weight is 374 g/mol. The zero-order chi connectivity index (χ0) is 18.5. The van der Waals surface area contributed by atoms with Gasteiger partial charge in [0.2, 0.25) is 5.91 Å². The summed E-state index contributed by atoms with van der Waals surface area (Å²) in [5, 5.41) is 0.647. The summed E-state index contributed by atoms with van der Waals surface area (Å²) in [7, 11) is 1.35. The normalized spacial score (nSPS) is 17.1. The number of piperidine rings is 1. The van der Waals surface area contributed by atoms with Crippen LogP contribution < -0.4 is 9.64 Å². The van der Waals surface area contributed by atoms with Crippen LogP contribution in [0.3, 0.4) is 0 Å². The lowest BCUT2D eigenvalue weighted by molar-refractivity contribution is -0.120. The van der Waals surface area contributed by atoms with Gasteiger partial charge in [-0.3, -0.25) is 4.79 Å². The molecule has 0 saturated carbocycles. The third-order valence-electron chi connectivity index (χ3n) is 4.41. The molecule has 0 bridgehead atoms. The topological polar surface area (TPSA) is 55.8 Å². The molecule has 1 aliphatic rings. The summed E-state index contributed by atoms with van der Waals surface area (Å²) in [6.45, 7) is 1.12. The first-order chi connectivity index (χ1) is 12.6. The van der Waals surface area contributed by atoms with Gasteiger partial charge in [0.05, 0.1) is 19.3 Å². The van der Waals surface area contributed by atoms with E-state index in [9.17, 15) is 9.59 Å². The second-order valence-electron chi connectivity index (χ2n) is 6.21. The molecule has 2 aromatic carbocycles. The molecule has 1 fully saturated rings. The minimum atomic E-state index is -0.374. The van der Waals surface area contributed by atoms with E-state index in [0.29, 0.717) is 35.9 Å². The van der Waals surface area contributed by atoms with Gasteiger partial charge in [-0.05, 0) is 55.0 Å². The van der Waals surface area contributed by atoms with Crippen LogP contribution in [-0.4, -0.2) is 32.1 Å². The van der Waals surface area contributed by atoms with Crippen molar-refractivity contribution in [3.8, 4) is 5.75 Å². The monoisotopic (exact) mass is 373 g/mol. The highest BCUT2D eigenvalue weighted by Crippen LogP contribution is 2.26. The maximum Gasteiger partial charge on any atom is 0.337 e. The lowest BCUT2D eigenvalue weighted by Crippen LogP contribution is -2.41. The third-order valence-corrected chi connectivity index (χ3v) is 4.66. The number of halogens is 1. The van der Waals surface area contributed by atoms with Crippen LogP contribution in [0.1, 0.15) is 23.2 Å². The van der Waals surface area contributed by atoms with Crippen molar-refractivity contribution in [3.05, 3.63) is 59.1 Å². The number of nitrogens with zero attached hydrogens (tertiary/aromatic N) is 1. The molecule has 1 saturated heterocycles. The Morgan fingerprint density at radius 3 is 2.50 bits per heavy atom. The van der Waals surface area contributed by atoms with E-state index in [0.717, 1.165) is 12.1 Å². The van der Waals surface area contributed by atoms with Gasteiger partial charge in [0.1, 0.15) is 5.75 Å². The first kappa shape index (κ1) is 18.3. The Hall–Kier alpha value is -2.53. The number of benzene rings is 2. The quantitative estimate of drug-likeness (QED) is 0.745. The fourth-order valence-electron chi connectivity index (χ4n) is 2.94. The summed E-state index contributed by atoms with van der Waals surface area (Å²) in [6, 6.07) is 14.1. The highest BCUT2D eigenvalue weighted by atomic mass is 35.5. The predicted octanol–water partition coefficient (Wildman–Crippen LogP) is 3.95. The number of anilines is 1. The number of carbonyl (C=O) groups excluding carboxylic acids is 2. The van der Waals surface area contributed by atoms with E-state index in [2.05, 4.69) is 4.74 Å². The van der Waals surface area contributed by atoms with Crippen LogP contribution >= 0.6 is 11.6 Å². The lowest BCUT2D eigenvalue weighted by atomic mass is 9.98. The van der Waals surface area contributed by atoms with Gasteiger partial charge < -0.3 is 14.4 Å². The number of methoxy groups -OCH3 is 1. The molecule has 2 aromatic rings. The number of esters is 1. The molecule has 0 spiro atoms. The van der Waals surface area contributed by atoms with Crippen molar-refractivity contribution < 1.29 is 19.1 Å². The molecule has 0 N–H and O–H groups in total. The van der Waals surface area contributed by atoms with Crippen molar-refractivity contribution in [1.29, 1.82) is 0 Å². The molecule has 6 heteroatoms. The van der Waals surface area contributed by atoms with E-state index in [1.807, 2.05) is 12.1 Å². The Kier molecular flexibility index (Phi) is 5.78. The van der Waals surface area contributed by atoms with Crippen LogP contribution in [0.5, 0.6) is 5.75 Å². The van der Waals surface area contributed by atoms with Gasteiger partial charge in [-0.2, -0.15) is 0 Å². The van der Waals surface area contributed by atoms with E-state index in [4.69, 9.17) is 16.3 Å². The Bertz CT molecular complexity index is 773. The first-order valence-electron chi connectivity index (χ1n) is 8.44. The molecule has 1 amide bonds. The summed E-state index contributed by atoms with van der Waals surface area (Å²) >= 11 is 5.92. The second kappa shape index (κ2) is 8.23. The molecular weight excluding hydrogens is 354 g/mol. The summed E-state index contributed by atoms with van der Waals surface area (Å²) < 4.78 is 10.5. The van der Waals surface area contributed by atoms with Gasteiger partial charge in [-0.25, -0.2) is 4.79 Å². The largest absolute Gasteiger partial charge is 0.493 e. The van der Waals surface area contributed by atoms with Crippen molar-refractivity contribution >= 4 is 29.2 Å². The molecule has 0 aliphatic carbocycles. The van der Waals surface area contributed by atoms with E-state index < -0.39 is 0 Å². The fourth-order valence-corrected chi connectivity index (χ4v) is 3.07. The van der Waals surface area contributed by atoms with Gasteiger partial charge in [0, 0.05) is 29.6 Å². The van der Waals surface area contributed by atoms with Crippen molar-refractivity contribution in [3.63, 3.8) is 0 Å². The van der Waals surface area contributed by atoms with Gasteiger partial charge >= 0.3 is 5.97 Å². The van der Waals surface area contributed by atoms with Crippen LogP contribution in [-0.2, 0) is 9.53 Å². The van der Waals surface area contributed by atoms with Crippen molar-refractivity contribution in [2.75, 3.05) is 25.2 Å². The Labute approximate surface area is 157 Å². The molecule has 26 heavy (non-hydrogen) atoms. The first-order valence-corrected chi connectivity index (χ1v) is 8.81. The summed E-state index contributed by atoms with van der Waals surface area (Å²) in [5.41, 5.74) is 1.34. The maximum absolute atomic E-state index is 12.2. The van der Waals surface area contributed by atoms with E-state index in [-0.39, 0.29) is 17.8 Å². The Morgan fingerprint density at radius 1 is 1.15 bits per heavy atom. The van der Waals surface area contributed by atoms with Crippen molar-refractivity contribution in [2.45, 2.75) is 12.8 Å². The smallest absolute Gasteiger partial charge is 0.337 e. The number of carbonyl (C=O) groups is 2. The van der Waals surface area contributed by atoms with Gasteiger partial charge in [-0.15, -0.1) is 0 Å². The highest BCUT2D eigenvalue weighted by molar-refractivity contribution is 6.30. The minimum Gasteiger partial charge on any atom is -0.493 e. The molecule has 0 radical (unpaired) electrons. The molecule has 3 rings (SSSR count). The minimum absolute atomic E-state index is 0.117. The van der Waals surface area contributed by atoms with Crippen LogP contribution in [0, 0.1) is 5.92 Å². The summed E-state index contributed by atoms with van der Waals surface area (Å²) in [4.78, 5) is 25.5. The number of hydrogen-bond donors (Lipinski definition) is 0. The molecule has 5 nitrogen and oxygen atoms in total. The summed E-state index contributed by atoms with van der Waals surface area (Å²) in [6.07, 6.45) is 1.29. The fraction of sp³-hybridized carbons (Fsp3) is 0.300. The maximum atomic E-state index is 12.2. The molecule has 0 aromatic heterocycles. The van der Waals surface area contributed by atoms with Crippen LogP contribution in [0.2, 0.25) is 5.02 Å². The number of rotatable bonds is 5. The van der Waals surface area contributed by atoms with E-state index in [1.165, 1.54) is 7.11 Å². The van der Waals surface area contributed by atoms with Gasteiger partial charge in [0.15, 0.2) is 0 Å². The number of ether oxygens (including phenoxy) is 2. The molecule has 1 unspecified atom stereocenters. The standard InChI is InChI=1S/C20H20ClNO4/c1-25-20(24)15-3-9-18(10-4-15)26-13-14-2-11-19(23)22(12-14)17-7-5-16(21)6-8-17/h3-10,14H,2,11-13H2,1H3. The Morgan fingerprint density at radius 2 is 1.85 bits per heavy atom. The number of hydrogen-bond acceptors (Lipinski definition) is 4. The highest BCUT2D eigenvalue weighted by Gasteiger charge is 2.27. The second-order valence-corrected chi connectivity index (χ2v) is 6.65. The van der Waals surface area contributed by atoms with E-state index in [1.54, 1.807) is 41.3 Å². The Balaban J connectivity index is 1.59. The number of amides is 1. The molecular formula is C20H20ClNO4. The molecule has 1 aliphatic heterocycles. The zero-order valence-electron chi connectivity index (χ0n) is 14.5. The average Bonchev–Trinajstić information content (AvgIpc) is 2.68. The zero-order valence-corrected chi connectivity index (χ0v) is 15.2. The molecule has 1 heterocycles. The van der Waals surface area contributed by atoms with Crippen LogP contribution in [0.25, 0.3) is 0 Å². The van der Waals surface area contributed by atoms with Gasteiger partial charge in [-0.1, -0.05) is 11.6 Å². The van der Waals surface area contributed by atoms with Crippen molar-refractivity contribution in [1.82, 2.24) is 0 Å². The SMILES string of the molecule is COC(=O)c1ccc(OCC2CCC(=O)N(c3ccc(Cl)cc3)C2)cc1. The summed E-state index contributed by atoms with van der Waals surface area (Å²) in [5.74, 6) is 0.670. The van der Waals surface area contributed by atoms with Gasteiger partial charge in [0.25, 0.3) is 0 Å². The van der Waals surface area contributed by atoms with Crippen LogP contribution in [0.15, 0.2) is 48.5 Å². The van der Waals surface area contributed by atoms with Crippen LogP contribution in [0.4, 0.5) is 5.69 Å². The molecule has 1 atom stereocenters. The third kappa shape index (κ3) is 4.35. The lowest BCUT2D eigenvalue weighted by Gasteiger charge is -2.32. The van der Waals surface area contributed by atoms with Crippen molar-refractivity contribution in [2.24, 2.45) is 5.92 Å².